The van der Waals surface area contributed by atoms with Crippen LogP contribution in [0.3, 0.4) is 0 Å². The van der Waals surface area contributed by atoms with Crippen molar-refractivity contribution in [2.24, 2.45) is 0 Å². The summed E-state index contributed by atoms with van der Waals surface area (Å²) < 4.78 is 1.99. The summed E-state index contributed by atoms with van der Waals surface area (Å²) >= 11 is 1.37. The van der Waals surface area contributed by atoms with E-state index in [-0.39, 0.29) is 17.7 Å². The first-order valence-corrected chi connectivity index (χ1v) is 9.24. The molecule has 1 aromatic heterocycles. The summed E-state index contributed by atoms with van der Waals surface area (Å²) in [6.45, 7) is 4.14. The van der Waals surface area contributed by atoms with Crippen LogP contribution in [0.4, 0.5) is 0 Å². The number of imidazole rings is 1. The molecular formula is C20H17N3O2S. The van der Waals surface area contributed by atoms with Gasteiger partial charge < -0.3 is 0 Å². The lowest BCUT2D eigenvalue weighted by molar-refractivity contribution is 0.0684. The van der Waals surface area contributed by atoms with Gasteiger partial charge in [-0.2, -0.15) is 0 Å². The monoisotopic (exact) mass is 363 g/mol. The Bertz CT molecular complexity index is 990. The minimum Gasteiger partial charge on any atom is -0.295 e. The Hall–Kier alpha value is -2.86. The maximum Gasteiger partial charge on any atom is 0.262 e. The summed E-state index contributed by atoms with van der Waals surface area (Å²) in [4.78, 5) is 30.6. The van der Waals surface area contributed by atoms with E-state index < -0.39 is 0 Å². The molecule has 0 atom stereocenters. The second-order valence-electron chi connectivity index (χ2n) is 6.16. The third-order valence-electron chi connectivity index (χ3n) is 4.64. The molecule has 4 rings (SSSR count). The Labute approximate surface area is 155 Å². The summed E-state index contributed by atoms with van der Waals surface area (Å²) in [5.74, 6) is -0.264. The molecule has 1 aliphatic rings. The Morgan fingerprint density at radius 1 is 0.962 bits per heavy atom. The molecule has 0 bridgehead atoms. The van der Waals surface area contributed by atoms with Crippen LogP contribution in [0.5, 0.6) is 0 Å². The molecule has 0 aliphatic carbocycles. The predicted molar refractivity (Wildman–Crippen MR) is 101 cm³/mol. The smallest absolute Gasteiger partial charge is 0.262 e. The van der Waals surface area contributed by atoms with Crippen molar-refractivity contribution in [2.45, 2.75) is 19.0 Å². The topological polar surface area (TPSA) is 55.2 Å². The highest BCUT2D eigenvalue weighted by Crippen LogP contribution is 2.28. The molecule has 3 aromatic rings. The van der Waals surface area contributed by atoms with Gasteiger partial charge in [-0.05, 0) is 43.2 Å². The van der Waals surface area contributed by atoms with E-state index in [4.69, 9.17) is 0 Å². The zero-order valence-electron chi connectivity index (χ0n) is 14.5. The molecule has 130 valence electrons. The number of aromatic nitrogens is 2. The van der Waals surface area contributed by atoms with Crippen LogP contribution >= 0.6 is 11.8 Å². The fraction of sp³-hybridized carbons (Fsp3) is 0.150. The average molecular weight is 363 g/mol. The molecule has 6 heteroatoms. The van der Waals surface area contributed by atoms with Gasteiger partial charge in [0.1, 0.15) is 0 Å². The van der Waals surface area contributed by atoms with Crippen LogP contribution in [0.15, 0.2) is 60.0 Å². The second-order valence-corrected chi connectivity index (χ2v) is 7.07. The van der Waals surface area contributed by atoms with E-state index in [1.807, 2.05) is 22.9 Å². The molecule has 2 aromatic carbocycles. The van der Waals surface area contributed by atoms with Gasteiger partial charge in [0.25, 0.3) is 11.8 Å². The number of imide groups is 1. The number of carbonyl (C=O) groups excluding carboxylic acids is 2. The van der Waals surface area contributed by atoms with Crippen LogP contribution in [0.1, 0.15) is 31.8 Å². The Morgan fingerprint density at radius 3 is 2.35 bits per heavy atom. The summed E-state index contributed by atoms with van der Waals surface area (Å²) in [6, 6.07) is 13.0. The number of aryl methyl sites for hydroxylation is 1. The van der Waals surface area contributed by atoms with Crippen molar-refractivity contribution in [2.75, 3.05) is 5.88 Å². The second kappa shape index (κ2) is 6.46. The van der Waals surface area contributed by atoms with Gasteiger partial charge in [-0.1, -0.05) is 36.0 Å². The van der Waals surface area contributed by atoms with Gasteiger partial charge in [-0.25, -0.2) is 4.98 Å². The quantitative estimate of drug-likeness (QED) is 0.522. The first kappa shape index (κ1) is 16.6. The van der Waals surface area contributed by atoms with E-state index >= 15 is 0 Å². The van der Waals surface area contributed by atoms with Gasteiger partial charge in [0.2, 0.25) is 0 Å². The van der Waals surface area contributed by atoms with Crippen molar-refractivity contribution in [1.82, 2.24) is 14.5 Å². The van der Waals surface area contributed by atoms with E-state index in [2.05, 4.69) is 24.9 Å². The normalized spacial score (nSPS) is 13.4. The summed E-state index contributed by atoms with van der Waals surface area (Å²) in [6.07, 6.45) is 3.62. The first-order chi connectivity index (χ1) is 12.6. The first-order valence-electron chi connectivity index (χ1n) is 8.26. The van der Waals surface area contributed by atoms with Gasteiger partial charge in [-0.3, -0.25) is 19.1 Å². The van der Waals surface area contributed by atoms with Gasteiger partial charge in [0.05, 0.1) is 22.7 Å². The number of fused-ring (bicyclic) bond motifs is 1. The van der Waals surface area contributed by atoms with Crippen molar-refractivity contribution in [3.8, 4) is 5.69 Å². The zero-order chi connectivity index (χ0) is 18.3. The molecule has 26 heavy (non-hydrogen) atoms. The largest absolute Gasteiger partial charge is 0.295 e. The zero-order valence-corrected chi connectivity index (χ0v) is 15.3. The minimum atomic E-state index is -0.247. The van der Waals surface area contributed by atoms with E-state index in [0.717, 1.165) is 10.8 Å². The van der Waals surface area contributed by atoms with Crippen molar-refractivity contribution in [1.29, 1.82) is 0 Å². The number of carbonyl (C=O) groups is 2. The molecule has 2 amide bonds. The maximum absolute atomic E-state index is 12.5. The van der Waals surface area contributed by atoms with Gasteiger partial charge in [-0.15, -0.1) is 0 Å². The molecule has 0 fully saturated rings. The fourth-order valence-electron chi connectivity index (χ4n) is 3.06. The van der Waals surface area contributed by atoms with Crippen LogP contribution in [0.25, 0.3) is 5.69 Å². The van der Waals surface area contributed by atoms with E-state index in [0.29, 0.717) is 11.1 Å². The molecular weight excluding hydrogens is 346 g/mol. The van der Waals surface area contributed by atoms with Gasteiger partial charge >= 0.3 is 0 Å². The van der Waals surface area contributed by atoms with Crippen molar-refractivity contribution in [3.63, 3.8) is 0 Å². The van der Waals surface area contributed by atoms with Crippen LogP contribution in [0.2, 0.25) is 0 Å². The van der Waals surface area contributed by atoms with Crippen molar-refractivity contribution < 1.29 is 9.59 Å². The summed E-state index contributed by atoms with van der Waals surface area (Å²) in [5, 5.41) is 0.746. The minimum absolute atomic E-state index is 0.230. The molecule has 0 unspecified atom stereocenters. The molecule has 2 heterocycles. The number of thioether (sulfide) groups is 1. The number of hydrogen-bond donors (Lipinski definition) is 0. The Balaban J connectivity index is 1.58. The number of amides is 2. The molecule has 0 saturated heterocycles. The third-order valence-corrected chi connectivity index (χ3v) is 5.59. The standard InChI is InChI=1S/C20H17N3O2S/c1-13-6-5-9-17(14(13)2)22-11-10-21-20(22)26-12-23-18(24)15-7-3-4-8-16(15)19(23)25/h3-11H,12H2,1-2H3. The van der Waals surface area contributed by atoms with Crippen LogP contribution < -0.4 is 0 Å². The Kier molecular flexibility index (Phi) is 4.12. The summed E-state index contributed by atoms with van der Waals surface area (Å²) in [5.41, 5.74) is 4.36. The molecule has 1 aliphatic heterocycles. The highest BCUT2D eigenvalue weighted by molar-refractivity contribution is 7.99. The highest BCUT2D eigenvalue weighted by atomic mass is 32.2. The summed E-state index contributed by atoms with van der Waals surface area (Å²) in [7, 11) is 0. The number of nitrogens with zero attached hydrogens (tertiary/aromatic N) is 3. The average Bonchev–Trinajstić information content (AvgIpc) is 3.20. The van der Waals surface area contributed by atoms with Crippen LogP contribution in [0, 0.1) is 13.8 Å². The molecule has 0 saturated carbocycles. The van der Waals surface area contributed by atoms with Crippen LogP contribution in [-0.4, -0.2) is 32.1 Å². The molecule has 0 radical (unpaired) electrons. The third kappa shape index (κ3) is 2.63. The number of benzene rings is 2. The SMILES string of the molecule is Cc1cccc(-n2ccnc2SCN2C(=O)c3ccccc3C2=O)c1C. The van der Waals surface area contributed by atoms with Gasteiger partial charge in [0, 0.05) is 12.4 Å². The Morgan fingerprint density at radius 2 is 1.65 bits per heavy atom. The molecule has 0 spiro atoms. The lowest BCUT2D eigenvalue weighted by atomic mass is 10.1. The van der Waals surface area contributed by atoms with Gasteiger partial charge in [0.15, 0.2) is 5.16 Å². The lowest BCUT2D eigenvalue weighted by Crippen LogP contribution is -2.29. The molecule has 0 N–H and O–H groups in total. The number of rotatable bonds is 4. The van der Waals surface area contributed by atoms with E-state index in [1.165, 1.54) is 27.8 Å². The van der Waals surface area contributed by atoms with Crippen LogP contribution in [-0.2, 0) is 0 Å². The maximum atomic E-state index is 12.5. The predicted octanol–water partition coefficient (Wildman–Crippen LogP) is 3.83. The number of hydrogen-bond acceptors (Lipinski definition) is 4. The van der Waals surface area contributed by atoms with Crippen molar-refractivity contribution >= 4 is 23.6 Å². The molecule has 5 nitrogen and oxygen atoms in total. The fourth-order valence-corrected chi connectivity index (χ4v) is 3.97. The highest BCUT2D eigenvalue weighted by Gasteiger charge is 2.35. The van der Waals surface area contributed by atoms with E-state index in [1.54, 1.807) is 30.5 Å². The van der Waals surface area contributed by atoms with E-state index in [9.17, 15) is 9.59 Å². The van der Waals surface area contributed by atoms with Crippen molar-refractivity contribution in [3.05, 3.63) is 77.1 Å². The lowest BCUT2D eigenvalue weighted by Gasteiger charge is -2.15.